The van der Waals surface area contributed by atoms with Crippen LogP contribution in [0, 0.1) is 0 Å². The molecule has 12 nitrogen and oxygen atoms in total. The van der Waals surface area contributed by atoms with Crippen LogP contribution < -0.4 is 0 Å². The molecule has 0 aromatic carbocycles. The van der Waals surface area contributed by atoms with Crippen molar-refractivity contribution in [3.63, 3.8) is 0 Å². The third-order valence-corrected chi connectivity index (χ3v) is 11.8. The van der Waals surface area contributed by atoms with Crippen molar-refractivity contribution in [2.45, 2.75) is 243 Å². The summed E-state index contributed by atoms with van der Waals surface area (Å²) in [6.07, 6.45) is 32.3. The van der Waals surface area contributed by atoms with E-state index in [-0.39, 0.29) is 19.4 Å². The van der Waals surface area contributed by atoms with Crippen LogP contribution in [0.2, 0.25) is 0 Å². The van der Waals surface area contributed by atoms with E-state index in [1.807, 2.05) is 0 Å². The van der Waals surface area contributed by atoms with Gasteiger partial charge in [-0.25, -0.2) is 0 Å². The molecule has 1 aliphatic rings. The number of rotatable bonds is 40. The Balaban J connectivity index is 2.39. The van der Waals surface area contributed by atoms with Crippen LogP contribution in [-0.4, -0.2) is 96.0 Å². The third kappa shape index (κ3) is 31.9. The summed E-state index contributed by atoms with van der Waals surface area (Å²) in [7, 11) is -4.60. The lowest BCUT2D eigenvalue weighted by Gasteiger charge is -2.40. The van der Waals surface area contributed by atoms with E-state index >= 15 is 0 Å². The normalized spacial score (nSPS) is 20.3. The Labute approximate surface area is 364 Å². The molecule has 1 saturated heterocycles. The number of esters is 2. The van der Waals surface area contributed by atoms with Gasteiger partial charge in [-0.2, -0.15) is 8.42 Å². The van der Waals surface area contributed by atoms with E-state index < -0.39 is 71.2 Å². The van der Waals surface area contributed by atoms with Gasteiger partial charge in [0, 0.05) is 12.8 Å². The van der Waals surface area contributed by atoms with Crippen LogP contribution in [0.4, 0.5) is 0 Å². The zero-order chi connectivity index (χ0) is 44.1. The minimum absolute atomic E-state index is 0.150. The van der Waals surface area contributed by atoms with Gasteiger partial charge in [-0.3, -0.25) is 14.1 Å². The highest BCUT2D eigenvalue weighted by molar-refractivity contribution is 7.85. The molecule has 60 heavy (non-hydrogen) atoms. The molecular formula is C47H86O12S. The Hall–Kier alpha value is -1.87. The van der Waals surface area contributed by atoms with Gasteiger partial charge in [-0.15, -0.1) is 0 Å². The number of hydrogen-bond acceptors (Lipinski definition) is 11. The highest BCUT2D eigenvalue weighted by atomic mass is 32.2. The van der Waals surface area contributed by atoms with Gasteiger partial charge in [-0.1, -0.05) is 179 Å². The molecule has 1 fully saturated rings. The summed E-state index contributed by atoms with van der Waals surface area (Å²) in [5, 5.41) is 30.9. The van der Waals surface area contributed by atoms with Crippen LogP contribution >= 0.6 is 0 Å². The van der Waals surface area contributed by atoms with Crippen molar-refractivity contribution in [2.24, 2.45) is 0 Å². The van der Waals surface area contributed by atoms with Crippen molar-refractivity contribution in [3.05, 3.63) is 24.3 Å². The van der Waals surface area contributed by atoms with E-state index in [9.17, 15) is 37.9 Å². The fourth-order valence-electron chi connectivity index (χ4n) is 7.30. The van der Waals surface area contributed by atoms with E-state index in [0.29, 0.717) is 12.8 Å². The van der Waals surface area contributed by atoms with Crippen molar-refractivity contribution in [2.75, 3.05) is 19.0 Å². The number of unbranched alkanes of at least 4 members (excludes halogenated alkanes) is 24. The molecule has 13 heteroatoms. The van der Waals surface area contributed by atoms with Gasteiger partial charge in [0.15, 0.2) is 12.4 Å². The maximum atomic E-state index is 12.8. The van der Waals surface area contributed by atoms with Crippen molar-refractivity contribution < 1.29 is 56.8 Å². The lowest BCUT2D eigenvalue weighted by molar-refractivity contribution is -0.297. The predicted molar refractivity (Wildman–Crippen MR) is 238 cm³/mol. The minimum atomic E-state index is -4.60. The van der Waals surface area contributed by atoms with Crippen molar-refractivity contribution in [1.82, 2.24) is 0 Å². The number of ether oxygens (including phenoxy) is 4. The third-order valence-electron chi connectivity index (χ3n) is 11.0. The lowest BCUT2D eigenvalue weighted by Crippen LogP contribution is -2.60. The SMILES string of the molecule is CCC/C=C\C/C=C\CCCCCCCC(=O)OC(COC(=O)CCCCCCCCCCCCCCCCCCCCC)COC1OC(CS(=O)(=O)O)C(O)C(O)C1O. The summed E-state index contributed by atoms with van der Waals surface area (Å²) in [6, 6.07) is 0. The first-order chi connectivity index (χ1) is 29.0. The van der Waals surface area contributed by atoms with Crippen LogP contribution in [-0.2, 0) is 38.7 Å². The molecule has 4 N–H and O–H groups in total. The molecule has 6 atom stereocenters. The largest absolute Gasteiger partial charge is 0.462 e. The topological polar surface area (TPSA) is 186 Å². The van der Waals surface area contributed by atoms with E-state index in [1.54, 1.807) is 0 Å². The van der Waals surface area contributed by atoms with Crippen molar-refractivity contribution >= 4 is 22.1 Å². The molecule has 0 aliphatic carbocycles. The van der Waals surface area contributed by atoms with Gasteiger partial charge < -0.3 is 34.3 Å². The number of carbonyl (C=O) groups is 2. The quantitative estimate of drug-likeness (QED) is 0.0198. The molecule has 0 radical (unpaired) electrons. The second-order valence-electron chi connectivity index (χ2n) is 16.8. The van der Waals surface area contributed by atoms with Crippen LogP contribution in [0.15, 0.2) is 24.3 Å². The van der Waals surface area contributed by atoms with Gasteiger partial charge >= 0.3 is 11.9 Å². The summed E-state index contributed by atoms with van der Waals surface area (Å²) >= 11 is 0. The Bertz CT molecular complexity index is 1210. The molecule has 0 aromatic rings. The molecule has 6 unspecified atom stereocenters. The molecular weight excluding hydrogens is 789 g/mol. The zero-order valence-corrected chi connectivity index (χ0v) is 38.4. The number of allylic oxidation sites excluding steroid dienone is 4. The highest BCUT2D eigenvalue weighted by Crippen LogP contribution is 2.24. The maximum Gasteiger partial charge on any atom is 0.306 e. The van der Waals surface area contributed by atoms with E-state index in [1.165, 1.54) is 96.3 Å². The fraction of sp³-hybridized carbons (Fsp3) is 0.872. The number of aliphatic hydroxyl groups is 3. The smallest absolute Gasteiger partial charge is 0.306 e. The van der Waals surface area contributed by atoms with Gasteiger partial charge in [0.05, 0.1) is 6.61 Å². The van der Waals surface area contributed by atoms with Crippen LogP contribution in [0.5, 0.6) is 0 Å². The molecule has 0 spiro atoms. The highest BCUT2D eigenvalue weighted by Gasteiger charge is 2.46. The monoisotopic (exact) mass is 875 g/mol. The van der Waals surface area contributed by atoms with Gasteiger partial charge in [0.1, 0.15) is 36.8 Å². The average molecular weight is 875 g/mol. The molecule has 1 rings (SSSR count). The molecule has 1 heterocycles. The fourth-order valence-corrected chi connectivity index (χ4v) is 7.99. The number of hydrogen-bond donors (Lipinski definition) is 4. The molecule has 0 amide bonds. The lowest BCUT2D eigenvalue weighted by atomic mass is 10.00. The Morgan fingerprint density at radius 2 is 1.03 bits per heavy atom. The zero-order valence-electron chi connectivity index (χ0n) is 37.6. The molecule has 1 aliphatic heterocycles. The molecule has 0 aromatic heterocycles. The van der Waals surface area contributed by atoms with E-state index in [2.05, 4.69) is 38.2 Å². The van der Waals surface area contributed by atoms with E-state index in [4.69, 9.17) is 18.9 Å². The Morgan fingerprint density at radius 1 is 0.567 bits per heavy atom. The number of carbonyl (C=O) groups excluding carboxylic acids is 2. The van der Waals surface area contributed by atoms with Crippen LogP contribution in [0.1, 0.15) is 206 Å². The second kappa shape index (κ2) is 37.7. The number of aliphatic hydroxyl groups excluding tert-OH is 3. The average Bonchev–Trinajstić information content (AvgIpc) is 3.21. The van der Waals surface area contributed by atoms with Crippen LogP contribution in [0.25, 0.3) is 0 Å². The van der Waals surface area contributed by atoms with Gasteiger partial charge in [-0.05, 0) is 38.5 Å². The summed E-state index contributed by atoms with van der Waals surface area (Å²) < 4.78 is 54.1. The first kappa shape index (κ1) is 56.1. The van der Waals surface area contributed by atoms with Gasteiger partial charge in [0.2, 0.25) is 0 Å². The summed E-state index contributed by atoms with van der Waals surface area (Å²) in [4.78, 5) is 25.4. The maximum absolute atomic E-state index is 12.8. The van der Waals surface area contributed by atoms with Crippen molar-refractivity contribution in [1.29, 1.82) is 0 Å². The Morgan fingerprint density at radius 3 is 1.53 bits per heavy atom. The van der Waals surface area contributed by atoms with Crippen LogP contribution in [0.3, 0.4) is 0 Å². The molecule has 0 saturated carbocycles. The molecule has 0 bridgehead atoms. The summed E-state index contributed by atoms with van der Waals surface area (Å²) in [5.74, 6) is -1.99. The Kier molecular flexibility index (Phi) is 35.2. The minimum Gasteiger partial charge on any atom is -0.462 e. The summed E-state index contributed by atoms with van der Waals surface area (Å²) in [6.45, 7) is 3.70. The van der Waals surface area contributed by atoms with Gasteiger partial charge in [0.25, 0.3) is 10.1 Å². The van der Waals surface area contributed by atoms with Crippen molar-refractivity contribution in [3.8, 4) is 0 Å². The predicted octanol–water partition coefficient (Wildman–Crippen LogP) is 10.0. The molecule has 352 valence electrons. The van der Waals surface area contributed by atoms with E-state index in [0.717, 1.165) is 70.6 Å². The summed E-state index contributed by atoms with van der Waals surface area (Å²) in [5.41, 5.74) is 0. The standard InChI is InChI=1S/C47H86O12S/c1-3-5-7-9-11-13-15-17-18-19-20-21-22-24-25-27-29-31-33-35-42(48)56-37-40(38-57-47-46(52)45(51)44(50)41(59-47)39-60(53,54)55)58-43(49)36-34-32-30-28-26-23-16-14-12-10-8-6-4-2/h8,10,14,16,40-41,44-47,50-52H,3-7,9,11-13,15,17-39H2,1-2H3,(H,53,54,55)/b10-8-,16-14-. The first-order valence-corrected chi connectivity index (χ1v) is 25.5. The second-order valence-corrected chi connectivity index (χ2v) is 18.3. The first-order valence-electron chi connectivity index (χ1n) is 23.9.